The first kappa shape index (κ1) is 16.9. The molecule has 7 heteroatoms. The molecule has 2 N–H and O–H groups in total. The Morgan fingerprint density at radius 1 is 1.23 bits per heavy atom. The van der Waals surface area contributed by atoms with Gasteiger partial charge in [0.1, 0.15) is 0 Å². The van der Waals surface area contributed by atoms with Crippen molar-refractivity contribution in [3.63, 3.8) is 0 Å². The van der Waals surface area contributed by atoms with Gasteiger partial charge in [0.15, 0.2) is 0 Å². The van der Waals surface area contributed by atoms with Gasteiger partial charge >= 0.3 is 0 Å². The minimum atomic E-state index is -3.54. The second kappa shape index (κ2) is 7.19. The minimum absolute atomic E-state index is 0. The first-order valence-electron chi connectivity index (χ1n) is 6.89. The summed E-state index contributed by atoms with van der Waals surface area (Å²) in [6.45, 7) is 2.06. The van der Waals surface area contributed by atoms with E-state index in [0.29, 0.717) is 17.4 Å². The lowest BCUT2D eigenvalue weighted by atomic mass is 10.1. The summed E-state index contributed by atoms with van der Waals surface area (Å²) in [4.78, 5) is 4.47. The number of pyridine rings is 1. The van der Waals surface area contributed by atoms with Gasteiger partial charge < -0.3 is 5.32 Å². The van der Waals surface area contributed by atoms with Gasteiger partial charge in [-0.2, -0.15) is 0 Å². The van der Waals surface area contributed by atoms with Gasteiger partial charge in [-0.15, -0.1) is 12.4 Å². The van der Waals surface area contributed by atoms with Crippen molar-refractivity contribution in [1.82, 2.24) is 15.0 Å². The van der Waals surface area contributed by atoms with E-state index in [1.165, 1.54) is 0 Å². The molecule has 0 saturated heterocycles. The zero-order valence-electron chi connectivity index (χ0n) is 12.0. The zero-order valence-corrected chi connectivity index (χ0v) is 13.6. The molecular formula is C15H18ClN3O2S. The first-order chi connectivity index (χ1) is 10.2. The number of sulfonamides is 1. The molecule has 1 aliphatic rings. The molecule has 0 saturated carbocycles. The van der Waals surface area contributed by atoms with Gasteiger partial charge in [-0.25, -0.2) is 13.1 Å². The molecule has 0 amide bonds. The van der Waals surface area contributed by atoms with E-state index in [9.17, 15) is 8.42 Å². The van der Waals surface area contributed by atoms with E-state index in [2.05, 4.69) is 15.0 Å². The first-order valence-corrected chi connectivity index (χ1v) is 8.37. The van der Waals surface area contributed by atoms with Crippen LogP contribution in [0.25, 0.3) is 10.9 Å². The third-order valence-electron chi connectivity index (χ3n) is 3.54. The summed E-state index contributed by atoms with van der Waals surface area (Å²) in [5.74, 6) is 0. The Labute approximate surface area is 136 Å². The zero-order chi connectivity index (χ0) is 14.7. The van der Waals surface area contributed by atoms with Crippen molar-refractivity contribution >= 4 is 33.3 Å². The maximum Gasteiger partial charge on any atom is 0.241 e. The molecule has 0 bridgehead atoms. The Bertz CT molecular complexity index is 785. The van der Waals surface area contributed by atoms with Gasteiger partial charge in [-0.1, -0.05) is 17.7 Å². The highest BCUT2D eigenvalue weighted by atomic mass is 35.5. The molecule has 1 aliphatic heterocycles. The van der Waals surface area contributed by atoms with Gasteiger partial charge in [0.05, 0.1) is 10.4 Å². The molecule has 118 valence electrons. The Hall–Kier alpha value is -1.47. The fourth-order valence-electron chi connectivity index (χ4n) is 2.41. The predicted molar refractivity (Wildman–Crippen MR) is 89.7 cm³/mol. The molecule has 22 heavy (non-hydrogen) atoms. The Morgan fingerprint density at radius 3 is 2.86 bits per heavy atom. The highest BCUT2D eigenvalue weighted by molar-refractivity contribution is 7.89. The molecule has 0 atom stereocenters. The van der Waals surface area contributed by atoms with Crippen molar-refractivity contribution in [3.8, 4) is 0 Å². The Kier molecular flexibility index (Phi) is 5.52. The second-order valence-corrected chi connectivity index (χ2v) is 6.70. The van der Waals surface area contributed by atoms with Gasteiger partial charge in [-0.3, -0.25) is 4.98 Å². The van der Waals surface area contributed by atoms with E-state index in [1.54, 1.807) is 30.5 Å². The molecule has 1 aromatic carbocycles. The van der Waals surface area contributed by atoms with Gasteiger partial charge in [-0.05, 0) is 37.2 Å². The molecule has 0 radical (unpaired) electrons. The number of fused-ring (bicyclic) bond motifs is 1. The lowest BCUT2D eigenvalue weighted by molar-refractivity contribution is 0.583. The molecule has 5 nitrogen and oxygen atoms in total. The number of hydrogen-bond donors (Lipinski definition) is 2. The Morgan fingerprint density at radius 2 is 2.09 bits per heavy atom. The van der Waals surface area contributed by atoms with Crippen molar-refractivity contribution in [2.45, 2.75) is 11.3 Å². The van der Waals surface area contributed by atoms with Crippen LogP contribution in [0.3, 0.4) is 0 Å². The summed E-state index contributed by atoms with van der Waals surface area (Å²) >= 11 is 0. The lowest BCUT2D eigenvalue weighted by Gasteiger charge is -2.15. The largest absolute Gasteiger partial charge is 0.313 e. The molecule has 2 aromatic rings. The third-order valence-corrected chi connectivity index (χ3v) is 5.00. The standard InChI is InChI=1S/C15H17N3O2S.ClH/c19-21(20,18-11-12-6-9-16-10-7-12)15-5-1-4-14-13(15)3-2-8-17-14;/h1-6,8,16,18H,7,9-11H2;1H. The van der Waals surface area contributed by atoms with Crippen LogP contribution in [-0.4, -0.2) is 33.0 Å². The van der Waals surface area contributed by atoms with E-state index >= 15 is 0 Å². The normalized spacial score (nSPS) is 15.2. The third kappa shape index (κ3) is 3.64. The van der Waals surface area contributed by atoms with Crippen LogP contribution in [0.1, 0.15) is 6.42 Å². The van der Waals surface area contributed by atoms with Crippen LogP contribution in [0.15, 0.2) is 53.1 Å². The topological polar surface area (TPSA) is 71.1 Å². The van der Waals surface area contributed by atoms with Crippen molar-refractivity contribution in [3.05, 3.63) is 48.2 Å². The van der Waals surface area contributed by atoms with E-state index in [-0.39, 0.29) is 17.3 Å². The summed E-state index contributed by atoms with van der Waals surface area (Å²) in [5.41, 5.74) is 1.80. The monoisotopic (exact) mass is 339 g/mol. The van der Waals surface area contributed by atoms with Crippen LogP contribution >= 0.6 is 12.4 Å². The summed E-state index contributed by atoms with van der Waals surface area (Å²) in [6.07, 6.45) is 4.57. The molecule has 0 spiro atoms. The van der Waals surface area contributed by atoms with Crippen LogP contribution < -0.4 is 10.0 Å². The van der Waals surface area contributed by atoms with E-state index in [1.807, 2.05) is 12.1 Å². The summed E-state index contributed by atoms with van der Waals surface area (Å²) < 4.78 is 27.7. The molecule has 0 fully saturated rings. The van der Waals surface area contributed by atoms with Crippen LogP contribution in [0.5, 0.6) is 0 Å². The average molecular weight is 340 g/mol. The van der Waals surface area contributed by atoms with Crippen LogP contribution in [0.2, 0.25) is 0 Å². The maximum atomic E-state index is 12.5. The van der Waals surface area contributed by atoms with E-state index in [4.69, 9.17) is 0 Å². The minimum Gasteiger partial charge on any atom is -0.313 e. The molecule has 0 aliphatic carbocycles. The van der Waals surface area contributed by atoms with Crippen LogP contribution in [0.4, 0.5) is 0 Å². The Balaban J connectivity index is 0.00000176. The smallest absolute Gasteiger partial charge is 0.241 e. The van der Waals surface area contributed by atoms with Gasteiger partial charge in [0.25, 0.3) is 0 Å². The predicted octanol–water partition coefficient (Wildman–Crippen LogP) is 1.85. The van der Waals surface area contributed by atoms with E-state index in [0.717, 1.165) is 25.1 Å². The molecule has 1 aromatic heterocycles. The number of nitrogens with zero attached hydrogens (tertiary/aromatic N) is 1. The number of hydrogen-bond acceptors (Lipinski definition) is 4. The molecule has 2 heterocycles. The van der Waals surface area contributed by atoms with Gasteiger partial charge in [0.2, 0.25) is 10.0 Å². The average Bonchev–Trinajstić information content (AvgIpc) is 2.53. The second-order valence-electron chi connectivity index (χ2n) is 4.97. The lowest BCUT2D eigenvalue weighted by Crippen LogP contribution is -2.29. The summed E-state index contributed by atoms with van der Waals surface area (Å²) in [6, 6.07) is 8.66. The van der Waals surface area contributed by atoms with Crippen LogP contribution in [-0.2, 0) is 10.0 Å². The van der Waals surface area contributed by atoms with Crippen molar-refractivity contribution < 1.29 is 8.42 Å². The fraction of sp³-hybridized carbons (Fsp3) is 0.267. The highest BCUT2D eigenvalue weighted by Gasteiger charge is 2.17. The van der Waals surface area contributed by atoms with E-state index < -0.39 is 10.0 Å². The van der Waals surface area contributed by atoms with Gasteiger partial charge in [0, 0.05) is 24.7 Å². The number of nitrogens with one attached hydrogen (secondary N) is 2. The number of benzene rings is 1. The fourth-order valence-corrected chi connectivity index (χ4v) is 3.66. The summed E-state index contributed by atoms with van der Waals surface area (Å²) in [5, 5.41) is 3.85. The summed E-state index contributed by atoms with van der Waals surface area (Å²) in [7, 11) is -3.54. The molecule has 3 rings (SSSR count). The van der Waals surface area contributed by atoms with Crippen molar-refractivity contribution in [2.24, 2.45) is 0 Å². The molecular weight excluding hydrogens is 322 g/mol. The number of aromatic nitrogens is 1. The number of halogens is 1. The molecule has 0 unspecified atom stereocenters. The SMILES string of the molecule is Cl.O=S(=O)(NCC1=CCNCC1)c1cccc2ncccc12. The van der Waals surface area contributed by atoms with Crippen LogP contribution in [0, 0.1) is 0 Å². The number of rotatable bonds is 4. The quantitative estimate of drug-likeness (QED) is 0.834. The van der Waals surface area contributed by atoms with Crippen molar-refractivity contribution in [1.29, 1.82) is 0 Å². The maximum absolute atomic E-state index is 12.5. The van der Waals surface area contributed by atoms with Crippen molar-refractivity contribution in [2.75, 3.05) is 19.6 Å². The highest BCUT2D eigenvalue weighted by Crippen LogP contribution is 2.21.